The lowest BCUT2D eigenvalue weighted by Gasteiger charge is -2.36. The zero-order valence-corrected chi connectivity index (χ0v) is 34.7. The van der Waals surface area contributed by atoms with Crippen LogP contribution < -0.4 is 20.9 Å². The number of nitrogens with one attached hydrogen (secondary N) is 3. The largest absolute Gasteiger partial charge is 0.375 e. The summed E-state index contributed by atoms with van der Waals surface area (Å²) in [5.74, 6) is -2.35. The van der Waals surface area contributed by atoms with Crippen molar-refractivity contribution < 1.29 is 33.2 Å². The summed E-state index contributed by atoms with van der Waals surface area (Å²) >= 11 is 0. The monoisotopic (exact) mass is 822 g/mol. The second kappa shape index (κ2) is 18.7. The van der Waals surface area contributed by atoms with Crippen LogP contribution in [0.1, 0.15) is 81.8 Å². The smallest absolute Gasteiger partial charge is 0.264 e. The highest BCUT2D eigenvalue weighted by Crippen LogP contribution is 2.34. The number of hydrogen-bond acceptors (Lipinski definition) is 10. The number of benzene rings is 3. The zero-order valence-electron chi connectivity index (χ0n) is 34.7. The number of carbonyl (C=O) groups excluding carboxylic acids is 6. The van der Waals surface area contributed by atoms with Crippen molar-refractivity contribution in [3.63, 3.8) is 0 Å². The number of anilines is 2. The first-order chi connectivity index (χ1) is 28.9. The fourth-order valence-corrected chi connectivity index (χ4v) is 8.95. The maximum absolute atomic E-state index is 14.6. The number of piperazine rings is 1. The van der Waals surface area contributed by atoms with Crippen LogP contribution in [0.5, 0.6) is 0 Å². The van der Waals surface area contributed by atoms with E-state index in [1.165, 1.54) is 11.6 Å². The van der Waals surface area contributed by atoms with Gasteiger partial charge in [0.1, 0.15) is 11.9 Å². The highest BCUT2D eigenvalue weighted by molar-refractivity contribution is 6.25. The predicted molar refractivity (Wildman–Crippen MR) is 225 cm³/mol. The molecule has 14 nitrogen and oxygen atoms in total. The molecule has 4 aliphatic heterocycles. The van der Waals surface area contributed by atoms with Crippen LogP contribution in [-0.2, 0) is 25.7 Å². The first-order valence-corrected chi connectivity index (χ1v) is 21.0. The highest BCUT2D eigenvalue weighted by Gasteiger charge is 2.45. The molecule has 0 radical (unpaired) electrons. The van der Waals surface area contributed by atoms with E-state index >= 15 is 0 Å². The van der Waals surface area contributed by atoms with E-state index in [0.717, 1.165) is 60.7 Å². The first kappa shape index (κ1) is 42.5. The molecule has 3 saturated heterocycles. The minimum Gasteiger partial charge on any atom is -0.375 e. The number of nitrogens with zero attached hydrogens (tertiary/aromatic N) is 5. The summed E-state index contributed by atoms with van der Waals surface area (Å²) < 4.78 is 14.6. The number of hydrogen-bond donors (Lipinski definition) is 3. The Morgan fingerprint density at radius 3 is 2.35 bits per heavy atom. The van der Waals surface area contributed by atoms with Crippen molar-refractivity contribution in [2.75, 3.05) is 76.7 Å². The average Bonchev–Trinajstić information content (AvgIpc) is 3.78. The van der Waals surface area contributed by atoms with Crippen molar-refractivity contribution >= 4 is 46.8 Å². The van der Waals surface area contributed by atoms with E-state index in [0.29, 0.717) is 56.7 Å². The number of imide groups is 2. The quantitative estimate of drug-likeness (QED) is 0.153. The van der Waals surface area contributed by atoms with Crippen LogP contribution in [0.15, 0.2) is 60.7 Å². The molecule has 3 aromatic carbocycles. The van der Waals surface area contributed by atoms with Gasteiger partial charge in [-0.3, -0.25) is 43.9 Å². The molecule has 3 N–H and O–H groups in total. The molecule has 318 valence electrons. The molecule has 3 aromatic rings. The molecule has 60 heavy (non-hydrogen) atoms. The normalized spacial score (nSPS) is 20.8. The highest BCUT2D eigenvalue weighted by atomic mass is 19.1. The van der Waals surface area contributed by atoms with Gasteiger partial charge in [-0.1, -0.05) is 36.8 Å². The van der Waals surface area contributed by atoms with Gasteiger partial charge in [0.15, 0.2) is 0 Å². The van der Waals surface area contributed by atoms with Crippen molar-refractivity contribution in [2.45, 2.75) is 70.0 Å². The lowest BCUT2D eigenvalue weighted by molar-refractivity contribution is -0.136. The van der Waals surface area contributed by atoms with Gasteiger partial charge in [-0.15, -0.1) is 0 Å². The van der Waals surface area contributed by atoms with Crippen LogP contribution in [0.4, 0.5) is 15.8 Å². The Morgan fingerprint density at radius 1 is 0.883 bits per heavy atom. The van der Waals surface area contributed by atoms with E-state index in [1.807, 2.05) is 17.9 Å². The summed E-state index contributed by atoms with van der Waals surface area (Å²) in [5.41, 5.74) is 4.73. The third kappa shape index (κ3) is 9.37. The minimum atomic E-state index is -1.07. The molecule has 6 amide bonds. The van der Waals surface area contributed by atoms with E-state index in [9.17, 15) is 33.2 Å². The van der Waals surface area contributed by atoms with Gasteiger partial charge in [-0.05, 0) is 81.7 Å². The maximum atomic E-state index is 14.6. The number of likely N-dealkylation sites (N-methyl/N-ethyl adjacent to an activating group) is 1. The van der Waals surface area contributed by atoms with Gasteiger partial charge in [0.25, 0.3) is 11.8 Å². The summed E-state index contributed by atoms with van der Waals surface area (Å²) in [7, 11) is 4.23. The molecule has 3 atom stereocenters. The summed E-state index contributed by atoms with van der Waals surface area (Å²) in [6, 6.07) is 18.1. The Morgan fingerprint density at radius 2 is 1.63 bits per heavy atom. The predicted octanol–water partition coefficient (Wildman–Crippen LogP) is 3.50. The number of amides is 6. The van der Waals surface area contributed by atoms with E-state index in [-0.39, 0.29) is 48.1 Å². The van der Waals surface area contributed by atoms with Crippen molar-refractivity contribution in [1.29, 1.82) is 0 Å². The molecule has 4 heterocycles. The van der Waals surface area contributed by atoms with E-state index in [2.05, 4.69) is 69.0 Å². The lowest BCUT2D eigenvalue weighted by Crippen LogP contribution is -2.54. The van der Waals surface area contributed by atoms with Crippen LogP contribution >= 0.6 is 0 Å². The molecule has 0 saturated carbocycles. The summed E-state index contributed by atoms with van der Waals surface area (Å²) in [4.78, 5) is 85.8. The van der Waals surface area contributed by atoms with Crippen molar-refractivity contribution in [1.82, 2.24) is 30.2 Å². The van der Waals surface area contributed by atoms with Crippen LogP contribution in [0.25, 0.3) is 0 Å². The number of rotatable bonds is 15. The number of fused-ring (bicyclic) bond motifs is 1. The van der Waals surface area contributed by atoms with Crippen LogP contribution in [0, 0.1) is 12.7 Å². The molecule has 0 aliphatic carbocycles. The fraction of sp³-hybridized carbons (Fsp3) is 0.467. The number of halogens is 1. The third-order valence-electron chi connectivity index (χ3n) is 12.4. The van der Waals surface area contributed by atoms with Crippen molar-refractivity contribution in [2.24, 2.45) is 0 Å². The molecular formula is C45H55FN8O6. The number of aryl methyl sites for hydroxylation is 1. The Bertz CT molecular complexity index is 2100. The Kier molecular flexibility index (Phi) is 13.2. The molecular weight excluding hydrogens is 768 g/mol. The van der Waals surface area contributed by atoms with E-state index < -0.39 is 29.7 Å². The molecule has 3 fully saturated rings. The molecule has 15 heteroatoms. The molecule has 1 unspecified atom stereocenters. The number of likely N-dealkylation sites (tertiary alicyclic amines) is 1. The van der Waals surface area contributed by atoms with Gasteiger partial charge in [0, 0.05) is 94.1 Å². The Labute approximate surface area is 350 Å². The second-order valence-electron chi connectivity index (χ2n) is 16.5. The van der Waals surface area contributed by atoms with Gasteiger partial charge >= 0.3 is 0 Å². The van der Waals surface area contributed by atoms with Crippen molar-refractivity contribution in [3.05, 3.63) is 94.3 Å². The summed E-state index contributed by atoms with van der Waals surface area (Å²) in [5, 5.41) is 7.99. The lowest BCUT2D eigenvalue weighted by atomic mass is 9.93. The van der Waals surface area contributed by atoms with Gasteiger partial charge < -0.3 is 25.3 Å². The Balaban J connectivity index is 0.792. The molecule has 7 rings (SSSR count). The van der Waals surface area contributed by atoms with Gasteiger partial charge in [0.05, 0.1) is 17.7 Å². The van der Waals surface area contributed by atoms with Crippen molar-refractivity contribution in [3.8, 4) is 0 Å². The number of unbranched alkanes of at least 4 members (excludes halogenated alkanes) is 2. The minimum absolute atomic E-state index is 0.0293. The molecule has 4 aliphatic rings. The Hall–Kier alpha value is -5.67. The maximum Gasteiger partial charge on any atom is 0.264 e. The number of piperidine rings is 1. The van der Waals surface area contributed by atoms with Gasteiger partial charge in [0.2, 0.25) is 23.6 Å². The second-order valence-corrected chi connectivity index (χ2v) is 16.5. The number of carbonyl (C=O) groups is 6. The van der Waals surface area contributed by atoms with Crippen LogP contribution in [-0.4, -0.2) is 134 Å². The fourth-order valence-electron chi connectivity index (χ4n) is 8.95. The van der Waals surface area contributed by atoms with Crippen LogP contribution in [0.2, 0.25) is 0 Å². The van der Waals surface area contributed by atoms with Gasteiger partial charge in [-0.25, -0.2) is 4.39 Å². The molecule has 0 bridgehead atoms. The van der Waals surface area contributed by atoms with Gasteiger partial charge in [-0.2, -0.15) is 0 Å². The molecule has 0 aromatic heterocycles. The third-order valence-corrected chi connectivity index (χ3v) is 12.4. The topological polar surface area (TPSA) is 155 Å². The zero-order chi connectivity index (χ0) is 42.5. The summed E-state index contributed by atoms with van der Waals surface area (Å²) in [6.45, 7) is 7.48. The van der Waals surface area contributed by atoms with E-state index in [4.69, 9.17) is 0 Å². The summed E-state index contributed by atoms with van der Waals surface area (Å²) in [6.07, 6.45) is 2.74. The van der Waals surface area contributed by atoms with E-state index in [1.54, 1.807) is 24.3 Å². The standard InChI is InChI=1S/C45H55FN8O6/c1-29-9-7-11-35(46)33(29)26-51-27-34(38(28-51)50(2)3)30-14-16-31(17-15-30)52-21-23-53(24-22-52)41(57)13-5-4-6-20-47-40(56)25-48-36-12-8-10-32-42(36)45(60)54(44(32)59)37-18-19-39(55)49-43(37)58/h7-12,14-17,34,37-38,48H,4-6,13,18-28H2,1-3H3,(H,47,56)(H,49,55,58)/t34-,37?,38+/m1/s1. The molecule has 0 spiro atoms. The average molecular weight is 823 g/mol. The first-order valence-electron chi connectivity index (χ1n) is 21.0. The SMILES string of the molecule is Cc1cccc(F)c1CN1C[C@H](c2ccc(N3CCN(C(=O)CCCCCNC(=O)CNc4cccc5c4C(=O)N(C4CCC(=O)NC4=O)C5=O)CC3)cc2)[C@@H](N(C)C)C1. The van der Waals surface area contributed by atoms with Crippen LogP contribution in [0.3, 0.4) is 0 Å².